The number of carbonyl (C=O) groups excluding carboxylic acids is 1. The molecule has 4 heteroatoms. The molecule has 0 aromatic carbocycles. The molecule has 0 aromatic rings. The second-order valence-corrected chi connectivity index (χ2v) is 6.59. The van der Waals surface area contributed by atoms with Crippen LogP contribution in [0.4, 0.5) is 0 Å². The zero-order valence-corrected chi connectivity index (χ0v) is 11.8. The van der Waals surface area contributed by atoms with E-state index < -0.39 is 17.3 Å². The van der Waals surface area contributed by atoms with E-state index in [1.165, 1.54) is 0 Å². The third kappa shape index (κ3) is 1.85. The van der Waals surface area contributed by atoms with E-state index in [0.29, 0.717) is 24.2 Å². The van der Waals surface area contributed by atoms with E-state index in [0.717, 1.165) is 5.57 Å². The van der Waals surface area contributed by atoms with Crippen molar-refractivity contribution in [2.24, 2.45) is 0 Å². The molecule has 1 N–H and O–H groups in total. The molecule has 104 valence electrons. The number of hydrogen-bond donors (Lipinski definition) is 1. The monoisotopic (exact) mass is 264 g/mol. The average molecular weight is 264 g/mol. The number of allylic oxidation sites excluding steroid dienone is 1. The summed E-state index contributed by atoms with van der Waals surface area (Å²) < 4.78 is 11.8. The fourth-order valence-electron chi connectivity index (χ4n) is 3.17. The van der Waals surface area contributed by atoms with Crippen molar-refractivity contribution < 1.29 is 19.4 Å². The highest BCUT2D eigenvalue weighted by Crippen LogP contribution is 2.55. The van der Waals surface area contributed by atoms with Crippen LogP contribution in [0.25, 0.3) is 0 Å². The number of aliphatic hydroxyl groups excluding tert-OH is 1. The quantitative estimate of drug-likeness (QED) is 0.580. The molecule has 0 amide bonds. The molecule has 0 saturated carbocycles. The lowest BCUT2D eigenvalue weighted by Crippen LogP contribution is -2.43. The Morgan fingerprint density at radius 1 is 1.42 bits per heavy atom. The van der Waals surface area contributed by atoms with Gasteiger partial charge in [0.05, 0.1) is 12.5 Å². The average Bonchev–Trinajstić information content (AvgIpc) is 2.95. The number of epoxide rings is 1. The smallest absolute Gasteiger partial charge is 0.173 e. The predicted octanol–water partition coefficient (Wildman–Crippen LogP) is 1.88. The third-order valence-electron chi connectivity index (χ3n) is 3.88. The zero-order chi connectivity index (χ0) is 14.0. The lowest BCUT2D eigenvalue weighted by Gasteiger charge is -2.37. The maximum atomic E-state index is 12.3. The summed E-state index contributed by atoms with van der Waals surface area (Å²) in [6, 6.07) is 0. The van der Waals surface area contributed by atoms with Crippen molar-refractivity contribution in [3.63, 3.8) is 0 Å². The minimum absolute atomic E-state index is 0.0702. The molecular weight excluding hydrogens is 244 g/mol. The fourth-order valence-corrected chi connectivity index (χ4v) is 3.17. The molecule has 3 unspecified atom stereocenters. The summed E-state index contributed by atoms with van der Waals surface area (Å²) in [6.07, 6.45) is 1.76. The Bertz CT molecular complexity index is 510. The molecule has 0 spiro atoms. The number of ketones is 1. The molecule has 3 rings (SSSR count). The van der Waals surface area contributed by atoms with Gasteiger partial charge in [0.15, 0.2) is 11.4 Å². The first-order valence-electron chi connectivity index (χ1n) is 6.73. The fraction of sp³-hybridized carbons (Fsp3) is 0.667. The zero-order valence-electron chi connectivity index (χ0n) is 11.8. The molecule has 19 heavy (non-hydrogen) atoms. The van der Waals surface area contributed by atoms with Crippen LogP contribution in [0.1, 0.15) is 40.5 Å². The minimum Gasteiger partial charge on any atom is -0.488 e. The van der Waals surface area contributed by atoms with Gasteiger partial charge in [0.2, 0.25) is 0 Å². The van der Waals surface area contributed by atoms with Crippen molar-refractivity contribution in [2.75, 3.05) is 0 Å². The van der Waals surface area contributed by atoms with Crippen molar-refractivity contribution in [2.45, 2.75) is 63.9 Å². The Morgan fingerprint density at radius 3 is 2.74 bits per heavy atom. The summed E-state index contributed by atoms with van der Waals surface area (Å²) in [6.45, 7) is 7.77. The molecule has 1 fully saturated rings. The Morgan fingerprint density at radius 2 is 2.11 bits per heavy atom. The number of fused-ring (bicyclic) bond motifs is 2. The largest absolute Gasteiger partial charge is 0.488 e. The van der Waals surface area contributed by atoms with Gasteiger partial charge in [0.25, 0.3) is 0 Å². The van der Waals surface area contributed by atoms with Crippen LogP contribution in [-0.4, -0.2) is 34.3 Å². The molecule has 1 aliphatic carbocycles. The summed E-state index contributed by atoms with van der Waals surface area (Å²) in [5, 5.41) is 10.1. The molecule has 2 aliphatic heterocycles. The molecule has 1 saturated heterocycles. The van der Waals surface area contributed by atoms with Crippen molar-refractivity contribution >= 4 is 5.78 Å². The van der Waals surface area contributed by atoms with Gasteiger partial charge in [-0.25, -0.2) is 0 Å². The first-order valence-corrected chi connectivity index (χ1v) is 6.73. The molecule has 3 aliphatic rings. The van der Waals surface area contributed by atoms with E-state index in [1.807, 2.05) is 33.8 Å². The highest BCUT2D eigenvalue weighted by atomic mass is 16.7. The molecule has 4 nitrogen and oxygen atoms in total. The van der Waals surface area contributed by atoms with E-state index in [-0.39, 0.29) is 11.9 Å². The molecule has 3 atom stereocenters. The second kappa shape index (κ2) is 3.70. The molecule has 2 heterocycles. The lowest BCUT2D eigenvalue weighted by molar-refractivity contribution is -0.125. The topological polar surface area (TPSA) is 59.1 Å². The summed E-state index contributed by atoms with van der Waals surface area (Å²) in [7, 11) is 0. The summed E-state index contributed by atoms with van der Waals surface area (Å²) >= 11 is 0. The van der Waals surface area contributed by atoms with Crippen molar-refractivity contribution in [3.05, 3.63) is 23.0 Å². The third-order valence-corrected chi connectivity index (χ3v) is 3.88. The highest BCUT2D eigenvalue weighted by Gasteiger charge is 2.67. The van der Waals surface area contributed by atoms with E-state index >= 15 is 0 Å². The van der Waals surface area contributed by atoms with E-state index in [1.54, 1.807) is 0 Å². The van der Waals surface area contributed by atoms with Gasteiger partial charge in [0, 0.05) is 12.0 Å². The van der Waals surface area contributed by atoms with Crippen LogP contribution in [0.3, 0.4) is 0 Å². The maximum Gasteiger partial charge on any atom is 0.173 e. The van der Waals surface area contributed by atoms with E-state index in [9.17, 15) is 9.90 Å². The number of ether oxygens (including phenoxy) is 2. The van der Waals surface area contributed by atoms with Gasteiger partial charge < -0.3 is 14.6 Å². The van der Waals surface area contributed by atoms with Gasteiger partial charge in [0.1, 0.15) is 17.5 Å². The number of hydrogen-bond acceptors (Lipinski definition) is 4. The Labute approximate surface area is 113 Å². The normalized spacial score (nSPS) is 39.1. The van der Waals surface area contributed by atoms with Gasteiger partial charge in [-0.3, -0.25) is 4.79 Å². The summed E-state index contributed by atoms with van der Waals surface area (Å²) in [5.74, 6) is 0.700. The van der Waals surface area contributed by atoms with Gasteiger partial charge in [-0.15, -0.1) is 0 Å². The number of aliphatic hydroxyl groups is 1. The lowest BCUT2D eigenvalue weighted by atomic mass is 9.79. The standard InChI is InChI=1S/C15H20O4/c1-8(2)6-15-12-9(5-10(16)13(15)19-15)11(17)7-14(3,4)18-12/h6,10,13,16H,5,7H2,1-4H3. The summed E-state index contributed by atoms with van der Waals surface area (Å²) in [4.78, 5) is 12.3. The summed E-state index contributed by atoms with van der Waals surface area (Å²) in [5.41, 5.74) is 0.483. The van der Waals surface area contributed by atoms with Gasteiger partial charge in [-0.05, 0) is 33.8 Å². The van der Waals surface area contributed by atoms with Crippen molar-refractivity contribution in [1.82, 2.24) is 0 Å². The van der Waals surface area contributed by atoms with E-state index in [2.05, 4.69) is 0 Å². The highest BCUT2D eigenvalue weighted by molar-refractivity contribution is 5.98. The van der Waals surface area contributed by atoms with Crippen LogP contribution in [0.15, 0.2) is 23.0 Å². The Hall–Kier alpha value is -1.13. The number of rotatable bonds is 1. The Kier molecular flexibility index (Phi) is 2.51. The molecule has 0 bridgehead atoms. The Balaban J connectivity index is 2.10. The molecule has 0 radical (unpaired) electrons. The van der Waals surface area contributed by atoms with Crippen LogP contribution in [0.5, 0.6) is 0 Å². The minimum atomic E-state index is -0.709. The molecular formula is C15H20O4. The second-order valence-electron chi connectivity index (χ2n) is 6.59. The van der Waals surface area contributed by atoms with Crippen LogP contribution in [0.2, 0.25) is 0 Å². The van der Waals surface area contributed by atoms with Crippen molar-refractivity contribution in [1.29, 1.82) is 0 Å². The van der Waals surface area contributed by atoms with Crippen LogP contribution >= 0.6 is 0 Å². The van der Waals surface area contributed by atoms with Gasteiger partial charge in [-0.2, -0.15) is 0 Å². The van der Waals surface area contributed by atoms with Crippen LogP contribution in [0, 0.1) is 0 Å². The van der Waals surface area contributed by atoms with Crippen LogP contribution < -0.4 is 0 Å². The van der Waals surface area contributed by atoms with Crippen molar-refractivity contribution in [3.8, 4) is 0 Å². The van der Waals surface area contributed by atoms with Gasteiger partial charge in [-0.1, -0.05) is 5.57 Å². The number of carbonyl (C=O) groups is 1. The van der Waals surface area contributed by atoms with E-state index in [4.69, 9.17) is 9.47 Å². The first kappa shape index (κ1) is 12.9. The predicted molar refractivity (Wildman–Crippen MR) is 69.5 cm³/mol. The van der Waals surface area contributed by atoms with Crippen LogP contribution in [-0.2, 0) is 14.3 Å². The maximum absolute atomic E-state index is 12.3. The number of Topliss-reactive ketones (excluding diaryl/α,β-unsaturated/α-hetero) is 1. The van der Waals surface area contributed by atoms with Gasteiger partial charge >= 0.3 is 0 Å². The molecule has 0 aromatic heterocycles. The SMILES string of the molecule is CC(C)=CC12OC1C(O)CC1=C2OC(C)(C)CC1=O. The first-order chi connectivity index (χ1) is 8.75.